The molecule has 0 aromatic heterocycles. The van der Waals surface area contributed by atoms with E-state index in [0.29, 0.717) is 12.5 Å². The van der Waals surface area contributed by atoms with Crippen molar-refractivity contribution >= 4 is 0 Å². The van der Waals surface area contributed by atoms with Gasteiger partial charge in [-0.1, -0.05) is 32.6 Å². The minimum Gasteiger partial charge on any atom is -0.366 e. The molecule has 1 aromatic rings. The maximum atomic E-state index is 13.2. The lowest BCUT2D eigenvalue weighted by Crippen LogP contribution is -2.40. The summed E-state index contributed by atoms with van der Waals surface area (Å²) in [6, 6.07) is 6.54. The predicted molar refractivity (Wildman–Crippen MR) is 80.4 cm³/mol. The van der Waals surface area contributed by atoms with Crippen molar-refractivity contribution in [3.63, 3.8) is 0 Å². The van der Waals surface area contributed by atoms with E-state index in [1.807, 2.05) is 6.07 Å². The van der Waals surface area contributed by atoms with Crippen LogP contribution in [-0.2, 0) is 16.1 Å². The van der Waals surface area contributed by atoms with Gasteiger partial charge in [0.2, 0.25) is 0 Å². The summed E-state index contributed by atoms with van der Waals surface area (Å²) in [5.74, 6) is 0.151. The van der Waals surface area contributed by atoms with Gasteiger partial charge in [0.15, 0.2) is 0 Å². The molecular formula is C18H23FO2. The molecule has 2 bridgehead atoms. The van der Waals surface area contributed by atoms with Crippen LogP contribution in [0.2, 0.25) is 0 Å². The zero-order valence-electron chi connectivity index (χ0n) is 13.0. The Morgan fingerprint density at radius 1 is 1.43 bits per heavy atom. The highest BCUT2D eigenvalue weighted by atomic mass is 19.1. The van der Waals surface area contributed by atoms with Crippen LogP contribution in [0.1, 0.15) is 39.2 Å². The molecule has 0 aliphatic carbocycles. The van der Waals surface area contributed by atoms with Crippen LogP contribution in [0.3, 0.4) is 0 Å². The van der Waals surface area contributed by atoms with Crippen LogP contribution in [0.15, 0.2) is 36.4 Å². The third-order valence-electron chi connectivity index (χ3n) is 5.06. The van der Waals surface area contributed by atoms with E-state index in [9.17, 15) is 4.39 Å². The highest BCUT2D eigenvalue weighted by molar-refractivity contribution is 5.33. The summed E-state index contributed by atoms with van der Waals surface area (Å²) >= 11 is 0. The molecule has 2 heterocycles. The van der Waals surface area contributed by atoms with Crippen LogP contribution >= 0.6 is 0 Å². The molecule has 0 saturated carbocycles. The fourth-order valence-corrected chi connectivity index (χ4v) is 3.81. The van der Waals surface area contributed by atoms with Crippen LogP contribution < -0.4 is 0 Å². The van der Waals surface area contributed by atoms with Gasteiger partial charge in [-0.05, 0) is 49.0 Å². The molecule has 2 aliphatic heterocycles. The lowest BCUT2D eigenvalue weighted by Gasteiger charge is -2.34. The summed E-state index contributed by atoms with van der Waals surface area (Å²) in [7, 11) is 0. The van der Waals surface area contributed by atoms with Crippen molar-refractivity contribution in [1.82, 2.24) is 0 Å². The van der Waals surface area contributed by atoms with Gasteiger partial charge in [0.1, 0.15) is 11.9 Å². The quantitative estimate of drug-likeness (QED) is 0.772. The first kappa shape index (κ1) is 14.7. The number of ether oxygens (including phenoxy) is 2. The van der Waals surface area contributed by atoms with Crippen molar-refractivity contribution in [1.29, 1.82) is 0 Å². The predicted octanol–water partition coefficient (Wildman–Crippen LogP) is 4.24. The summed E-state index contributed by atoms with van der Waals surface area (Å²) in [5.41, 5.74) is 1.34. The molecule has 0 radical (unpaired) electrons. The van der Waals surface area contributed by atoms with Crippen LogP contribution in [0.25, 0.3) is 0 Å². The Morgan fingerprint density at radius 2 is 2.19 bits per heavy atom. The average molecular weight is 290 g/mol. The summed E-state index contributed by atoms with van der Waals surface area (Å²) in [6.07, 6.45) is 1.88. The molecule has 2 saturated heterocycles. The monoisotopic (exact) mass is 290 g/mol. The van der Waals surface area contributed by atoms with Gasteiger partial charge in [0, 0.05) is 0 Å². The second-order valence-electron chi connectivity index (χ2n) is 6.81. The first-order valence-corrected chi connectivity index (χ1v) is 7.63. The first-order chi connectivity index (χ1) is 9.87. The Labute approximate surface area is 126 Å². The number of fused-ring (bicyclic) bond motifs is 2. The Morgan fingerprint density at radius 3 is 2.81 bits per heavy atom. The minimum atomic E-state index is -0.297. The zero-order chi connectivity index (χ0) is 15.3. The van der Waals surface area contributed by atoms with E-state index in [-0.39, 0.29) is 23.1 Å². The minimum absolute atomic E-state index is 0.114. The van der Waals surface area contributed by atoms with E-state index in [2.05, 4.69) is 27.4 Å². The normalized spacial score (nSPS) is 34.9. The molecule has 2 nitrogen and oxygen atoms in total. The molecule has 0 spiro atoms. The van der Waals surface area contributed by atoms with Gasteiger partial charge in [0.25, 0.3) is 0 Å². The first-order valence-electron chi connectivity index (χ1n) is 7.63. The Hall–Kier alpha value is -1.19. The Bertz CT molecular complexity index is 568. The summed E-state index contributed by atoms with van der Waals surface area (Å²) in [5, 5.41) is 0. The van der Waals surface area contributed by atoms with Crippen LogP contribution in [0.5, 0.6) is 0 Å². The van der Waals surface area contributed by atoms with Crippen LogP contribution in [0, 0.1) is 11.7 Å². The number of halogens is 1. The van der Waals surface area contributed by atoms with Crippen molar-refractivity contribution in [3.8, 4) is 0 Å². The van der Waals surface area contributed by atoms with Crippen molar-refractivity contribution in [2.75, 3.05) is 0 Å². The van der Waals surface area contributed by atoms with Crippen molar-refractivity contribution in [2.45, 2.75) is 57.5 Å². The highest BCUT2D eigenvalue weighted by Gasteiger charge is 2.63. The third-order valence-corrected chi connectivity index (χ3v) is 5.06. The zero-order valence-corrected chi connectivity index (χ0v) is 13.0. The summed E-state index contributed by atoms with van der Waals surface area (Å²) in [6.45, 7) is 11.1. The fourth-order valence-electron chi connectivity index (χ4n) is 3.81. The lowest BCUT2D eigenvalue weighted by molar-refractivity contribution is -0.0959. The second-order valence-corrected chi connectivity index (χ2v) is 6.81. The standard InChI is InChI=1S/C18H23FO2/c1-12(2)18-9-8-17(4,21-18)16(13(18)3)20-11-14-6-5-7-15(19)10-14/h5-7,10,12,16H,3,8-9,11H2,1-2,4H3/t16-,17+,18+/m1/s1. The van der Waals surface area contributed by atoms with Gasteiger partial charge in [0.05, 0.1) is 17.8 Å². The molecule has 2 aliphatic rings. The van der Waals surface area contributed by atoms with Crippen LogP contribution in [0.4, 0.5) is 4.39 Å². The number of rotatable bonds is 4. The van der Waals surface area contributed by atoms with E-state index in [4.69, 9.17) is 9.47 Å². The summed E-state index contributed by atoms with van der Waals surface area (Å²) < 4.78 is 25.7. The van der Waals surface area contributed by atoms with Crippen molar-refractivity contribution < 1.29 is 13.9 Å². The topological polar surface area (TPSA) is 18.5 Å². The van der Waals surface area contributed by atoms with Gasteiger partial charge in [-0.15, -0.1) is 0 Å². The van der Waals surface area contributed by atoms with E-state index >= 15 is 0 Å². The number of hydrogen-bond donors (Lipinski definition) is 0. The lowest BCUT2D eigenvalue weighted by atomic mass is 9.72. The Balaban J connectivity index is 1.76. The average Bonchev–Trinajstić information content (AvgIpc) is 2.88. The molecule has 3 atom stereocenters. The molecule has 0 unspecified atom stereocenters. The van der Waals surface area contributed by atoms with Gasteiger partial charge in [-0.2, -0.15) is 0 Å². The third kappa shape index (κ3) is 2.23. The van der Waals surface area contributed by atoms with Gasteiger partial charge in [-0.25, -0.2) is 4.39 Å². The van der Waals surface area contributed by atoms with E-state index < -0.39 is 0 Å². The van der Waals surface area contributed by atoms with Crippen molar-refractivity contribution in [3.05, 3.63) is 47.8 Å². The molecule has 3 rings (SSSR count). The maximum Gasteiger partial charge on any atom is 0.123 e. The molecule has 3 heteroatoms. The number of benzene rings is 1. The van der Waals surface area contributed by atoms with E-state index in [1.165, 1.54) is 12.1 Å². The SMILES string of the molecule is C=C1[C@@H](OCc2cccc(F)c2)[C@]2(C)CC[C@@]1(C(C)C)O2. The number of hydrogen-bond acceptors (Lipinski definition) is 2. The molecule has 0 N–H and O–H groups in total. The van der Waals surface area contributed by atoms with Crippen LogP contribution in [-0.4, -0.2) is 17.3 Å². The fraction of sp³-hybridized carbons (Fsp3) is 0.556. The molecule has 21 heavy (non-hydrogen) atoms. The van der Waals surface area contributed by atoms with Crippen molar-refractivity contribution in [2.24, 2.45) is 5.92 Å². The molecule has 0 amide bonds. The van der Waals surface area contributed by atoms with Gasteiger partial charge in [-0.3, -0.25) is 0 Å². The maximum absolute atomic E-state index is 13.2. The van der Waals surface area contributed by atoms with E-state index in [1.54, 1.807) is 6.07 Å². The largest absolute Gasteiger partial charge is 0.366 e. The Kier molecular flexibility index (Phi) is 3.45. The molecule has 2 fully saturated rings. The van der Waals surface area contributed by atoms with Gasteiger partial charge < -0.3 is 9.47 Å². The van der Waals surface area contributed by atoms with E-state index in [0.717, 1.165) is 24.0 Å². The highest BCUT2D eigenvalue weighted by Crippen LogP contribution is 2.57. The molecule has 1 aromatic carbocycles. The van der Waals surface area contributed by atoms with Gasteiger partial charge >= 0.3 is 0 Å². The summed E-state index contributed by atoms with van der Waals surface area (Å²) in [4.78, 5) is 0. The molecular weight excluding hydrogens is 267 g/mol. The second kappa shape index (κ2) is 4.92. The molecule has 114 valence electrons. The smallest absolute Gasteiger partial charge is 0.123 e.